The van der Waals surface area contributed by atoms with E-state index in [1.165, 1.54) is 0 Å². The van der Waals surface area contributed by atoms with Gasteiger partial charge in [0.15, 0.2) is 0 Å². The van der Waals surface area contributed by atoms with Crippen molar-refractivity contribution in [2.45, 2.75) is 19.8 Å². The van der Waals surface area contributed by atoms with Crippen LogP contribution in [0.4, 0.5) is 5.69 Å². The van der Waals surface area contributed by atoms with Gasteiger partial charge in [-0.3, -0.25) is 4.79 Å². The standard InChI is InChI=1S/C14H17NO2/c1-11-2-3-14(8-13(11)10-17)15-6-4-12(9-16)5-7-15/h2-3,8-10,12H,4-7H2,1H3. The summed E-state index contributed by atoms with van der Waals surface area (Å²) in [5, 5.41) is 0. The van der Waals surface area contributed by atoms with Crippen LogP contribution in [0.15, 0.2) is 18.2 Å². The van der Waals surface area contributed by atoms with Crippen molar-refractivity contribution < 1.29 is 9.59 Å². The fraction of sp³-hybridized carbons (Fsp3) is 0.429. The molecular weight excluding hydrogens is 214 g/mol. The van der Waals surface area contributed by atoms with Gasteiger partial charge in [0.1, 0.15) is 12.6 Å². The molecule has 0 N–H and O–H groups in total. The smallest absolute Gasteiger partial charge is 0.150 e. The van der Waals surface area contributed by atoms with Gasteiger partial charge in [-0.2, -0.15) is 0 Å². The van der Waals surface area contributed by atoms with Crippen molar-refractivity contribution in [2.75, 3.05) is 18.0 Å². The van der Waals surface area contributed by atoms with Crippen molar-refractivity contribution in [3.05, 3.63) is 29.3 Å². The zero-order valence-electron chi connectivity index (χ0n) is 10.1. The highest BCUT2D eigenvalue weighted by Gasteiger charge is 2.18. The molecule has 1 aliphatic rings. The number of aryl methyl sites for hydroxylation is 1. The molecule has 0 aromatic heterocycles. The number of carbonyl (C=O) groups is 2. The zero-order valence-corrected chi connectivity index (χ0v) is 10.1. The molecule has 1 fully saturated rings. The van der Waals surface area contributed by atoms with Crippen molar-refractivity contribution in [2.24, 2.45) is 5.92 Å². The molecule has 0 radical (unpaired) electrons. The molecule has 1 saturated heterocycles. The maximum atomic E-state index is 10.9. The molecule has 1 aliphatic heterocycles. The molecule has 0 amide bonds. The number of piperidine rings is 1. The first-order valence-electron chi connectivity index (χ1n) is 6.00. The van der Waals surface area contributed by atoms with Crippen LogP contribution < -0.4 is 4.90 Å². The summed E-state index contributed by atoms with van der Waals surface area (Å²) in [4.78, 5) is 23.8. The number of hydrogen-bond acceptors (Lipinski definition) is 3. The van der Waals surface area contributed by atoms with E-state index in [-0.39, 0.29) is 5.92 Å². The van der Waals surface area contributed by atoms with Crippen LogP contribution in [0, 0.1) is 12.8 Å². The Labute approximate surface area is 101 Å². The Hall–Kier alpha value is -1.64. The van der Waals surface area contributed by atoms with Gasteiger partial charge in [-0.15, -0.1) is 0 Å². The van der Waals surface area contributed by atoms with E-state index in [1.807, 2.05) is 25.1 Å². The van der Waals surface area contributed by atoms with Gasteiger partial charge in [-0.1, -0.05) is 6.07 Å². The first-order chi connectivity index (χ1) is 8.24. The highest BCUT2D eigenvalue weighted by atomic mass is 16.1. The molecule has 0 atom stereocenters. The quantitative estimate of drug-likeness (QED) is 0.748. The molecular formula is C14H17NO2. The minimum absolute atomic E-state index is 0.210. The van der Waals surface area contributed by atoms with E-state index in [2.05, 4.69) is 4.90 Å². The molecule has 3 heteroatoms. The molecule has 0 spiro atoms. The first kappa shape index (κ1) is 11.8. The second kappa shape index (κ2) is 5.13. The summed E-state index contributed by atoms with van der Waals surface area (Å²) in [5.41, 5.74) is 2.84. The van der Waals surface area contributed by atoms with Gasteiger partial charge < -0.3 is 9.69 Å². The van der Waals surface area contributed by atoms with E-state index in [0.717, 1.165) is 55.3 Å². The number of hydrogen-bond donors (Lipinski definition) is 0. The topological polar surface area (TPSA) is 37.4 Å². The molecule has 1 heterocycles. The summed E-state index contributed by atoms with van der Waals surface area (Å²) in [5.74, 6) is 0.210. The molecule has 17 heavy (non-hydrogen) atoms. The van der Waals surface area contributed by atoms with E-state index in [9.17, 15) is 9.59 Å². The molecule has 1 aromatic rings. The Morgan fingerprint density at radius 2 is 1.94 bits per heavy atom. The predicted octanol–water partition coefficient (Wildman–Crippen LogP) is 2.22. The maximum absolute atomic E-state index is 10.9. The van der Waals surface area contributed by atoms with Crippen LogP contribution in [0.3, 0.4) is 0 Å². The van der Waals surface area contributed by atoms with Gasteiger partial charge in [-0.05, 0) is 37.5 Å². The Morgan fingerprint density at radius 1 is 1.24 bits per heavy atom. The zero-order chi connectivity index (χ0) is 12.3. The lowest BCUT2D eigenvalue weighted by atomic mass is 9.97. The van der Waals surface area contributed by atoms with Crippen molar-refractivity contribution in [1.82, 2.24) is 0 Å². The Bertz CT molecular complexity index is 420. The van der Waals surface area contributed by atoms with Crippen LogP contribution in [0.2, 0.25) is 0 Å². The van der Waals surface area contributed by atoms with E-state index in [0.29, 0.717) is 0 Å². The van der Waals surface area contributed by atoms with Crippen LogP contribution in [0.5, 0.6) is 0 Å². The minimum atomic E-state index is 0.210. The van der Waals surface area contributed by atoms with Crippen molar-refractivity contribution in [1.29, 1.82) is 0 Å². The van der Waals surface area contributed by atoms with E-state index >= 15 is 0 Å². The summed E-state index contributed by atoms with van der Waals surface area (Å²) in [6, 6.07) is 5.96. The third-order valence-corrected chi connectivity index (χ3v) is 3.49. The molecule has 1 aromatic carbocycles. The van der Waals surface area contributed by atoms with E-state index < -0.39 is 0 Å². The van der Waals surface area contributed by atoms with E-state index in [1.54, 1.807) is 0 Å². The van der Waals surface area contributed by atoms with Gasteiger partial charge in [0.2, 0.25) is 0 Å². The average Bonchev–Trinajstić information content (AvgIpc) is 2.39. The summed E-state index contributed by atoms with van der Waals surface area (Å²) >= 11 is 0. The van der Waals surface area contributed by atoms with Gasteiger partial charge in [0.25, 0.3) is 0 Å². The molecule has 0 bridgehead atoms. The monoisotopic (exact) mass is 231 g/mol. The molecule has 3 nitrogen and oxygen atoms in total. The number of anilines is 1. The first-order valence-corrected chi connectivity index (χ1v) is 6.00. The lowest BCUT2D eigenvalue weighted by molar-refractivity contribution is -0.111. The molecule has 0 aliphatic carbocycles. The van der Waals surface area contributed by atoms with Crippen LogP contribution in [-0.2, 0) is 4.79 Å². The lowest BCUT2D eigenvalue weighted by Gasteiger charge is -2.31. The van der Waals surface area contributed by atoms with Gasteiger partial charge in [0, 0.05) is 30.3 Å². The Morgan fingerprint density at radius 3 is 2.53 bits per heavy atom. The Balaban J connectivity index is 2.13. The fourth-order valence-electron chi connectivity index (χ4n) is 2.25. The van der Waals surface area contributed by atoms with Gasteiger partial charge in [0.05, 0.1) is 0 Å². The Kier molecular flexibility index (Phi) is 3.57. The summed E-state index contributed by atoms with van der Waals surface area (Å²) in [6.07, 6.45) is 3.78. The number of rotatable bonds is 3. The molecule has 90 valence electrons. The van der Waals surface area contributed by atoms with E-state index in [4.69, 9.17) is 0 Å². The van der Waals surface area contributed by atoms with Gasteiger partial charge >= 0.3 is 0 Å². The van der Waals surface area contributed by atoms with Crippen LogP contribution in [-0.4, -0.2) is 25.7 Å². The minimum Gasteiger partial charge on any atom is -0.371 e. The van der Waals surface area contributed by atoms with Crippen molar-refractivity contribution in [3.63, 3.8) is 0 Å². The maximum Gasteiger partial charge on any atom is 0.150 e. The summed E-state index contributed by atoms with van der Waals surface area (Å²) < 4.78 is 0. The van der Waals surface area contributed by atoms with Gasteiger partial charge in [-0.25, -0.2) is 0 Å². The lowest BCUT2D eigenvalue weighted by Crippen LogP contribution is -2.34. The number of aldehydes is 2. The number of nitrogens with zero attached hydrogens (tertiary/aromatic N) is 1. The third-order valence-electron chi connectivity index (χ3n) is 3.49. The number of carbonyl (C=O) groups excluding carboxylic acids is 2. The van der Waals surface area contributed by atoms with Crippen molar-refractivity contribution in [3.8, 4) is 0 Å². The highest BCUT2D eigenvalue weighted by Crippen LogP contribution is 2.24. The van der Waals surface area contributed by atoms with Crippen LogP contribution in [0.25, 0.3) is 0 Å². The highest BCUT2D eigenvalue weighted by molar-refractivity contribution is 5.79. The summed E-state index contributed by atoms with van der Waals surface area (Å²) in [7, 11) is 0. The summed E-state index contributed by atoms with van der Waals surface area (Å²) in [6.45, 7) is 3.72. The van der Waals surface area contributed by atoms with Crippen LogP contribution >= 0.6 is 0 Å². The fourth-order valence-corrected chi connectivity index (χ4v) is 2.25. The van der Waals surface area contributed by atoms with Crippen molar-refractivity contribution >= 4 is 18.3 Å². The predicted molar refractivity (Wildman–Crippen MR) is 67.6 cm³/mol. The molecule has 0 unspecified atom stereocenters. The second-order valence-corrected chi connectivity index (χ2v) is 4.62. The SMILES string of the molecule is Cc1ccc(N2CCC(C=O)CC2)cc1C=O. The normalized spacial score (nSPS) is 16.9. The third kappa shape index (κ3) is 2.54. The second-order valence-electron chi connectivity index (χ2n) is 4.62. The average molecular weight is 231 g/mol. The largest absolute Gasteiger partial charge is 0.371 e. The van der Waals surface area contributed by atoms with Crippen LogP contribution in [0.1, 0.15) is 28.8 Å². The number of benzene rings is 1. The molecule has 0 saturated carbocycles. The molecule has 2 rings (SSSR count).